The van der Waals surface area contributed by atoms with Crippen LogP contribution in [0.25, 0.3) is 0 Å². The Balaban J connectivity index is 1.84. The minimum Gasteiger partial charge on any atom is -0.496 e. The zero-order chi connectivity index (χ0) is 14.4. The van der Waals surface area contributed by atoms with E-state index in [4.69, 9.17) is 16.3 Å². The first-order valence-corrected chi connectivity index (χ1v) is 7.51. The highest BCUT2D eigenvalue weighted by Gasteiger charge is 2.11. The lowest BCUT2D eigenvalue weighted by Crippen LogP contribution is -2.45. The van der Waals surface area contributed by atoms with E-state index in [0.717, 1.165) is 62.1 Å². The van der Waals surface area contributed by atoms with Gasteiger partial charge in [0.15, 0.2) is 0 Å². The summed E-state index contributed by atoms with van der Waals surface area (Å²) in [6.07, 6.45) is 0. The Morgan fingerprint density at radius 1 is 1.35 bits per heavy atom. The summed E-state index contributed by atoms with van der Waals surface area (Å²) in [6, 6.07) is 5.79. The fourth-order valence-corrected chi connectivity index (χ4v) is 2.68. The maximum atomic E-state index is 6.07. The van der Waals surface area contributed by atoms with Crippen LogP contribution in [0.2, 0.25) is 5.02 Å². The second-order valence-electron chi connectivity index (χ2n) is 5.29. The fourth-order valence-electron chi connectivity index (χ4n) is 2.49. The Bertz CT molecular complexity index is 422. The molecule has 1 aromatic rings. The highest BCUT2D eigenvalue weighted by molar-refractivity contribution is 6.30. The summed E-state index contributed by atoms with van der Waals surface area (Å²) in [5.74, 6) is 0.906. The van der Waals surface area contributed by atoms with Crippen LogP contribution in [0.5, 0.6) is 5.75 Å². The van der Waals surface area contributed by atoms with E-state index in [0.29, 0.717) is 0 Å². The zero-order valence-corrected chi connectivity index (χ0v) is 13.1. The second-order valence-corrected chi connectivity index (χ2v) is 5.72. The van der Waals surface area contributed by atoms with Gasteiger partial charge in [0.1, 0.15) is 5.75 Å². The molecular weight excluding hydrogens is 274 g/mol. The van der Waals surface area contributed by atoms with Gasteiger partial charge in [0.25, 0.3) is 0 Å². The number of ether oxygens (including phenoxy) is 1. The van der Waals surface area contributed by atoms with E-state index in [2.05, 4.69) is 22.2 Å². The van der Waals surface area contributed by atoms with Crippen molar-refractivity contribution in [3.05, 3.63) is 28.8 Å². The molecule has 0 atom stereocenters. The minimum atomic E-state index is 0.760. The lowest BCUT2D eigenvalue weighted by Gasteiger charge is -2.29. The normalized spacial score (nSPS) is 16.6. The first-order chi connectivity index (χ1) is 9.69. The van der Waals surface area contributed by atoms with Crippen LogP contribution in [0.4, 0.5) is 0 Å². The largest absolute Gasteiger partial charge is 0.496 e. The standard InChI is InChI=1S/C15H24ClN3O/c1-18(9-10-19-7-5-17-6-8-19)12-13-11-14(16)3-4-15(13)20-2/h3-4,11,17H,5-10,12H2,1-2H3. The third-order valence-corrected chi connectivity index (χ3v) is 3.93. The summed E-state index contributed by atoms with van der Waals surface area (Å²) in [5.41, 5.74) is 1.14. The van der Waals surface area contributed by atoms with E-state index in [1.165, 1.54) is 0 Å². The van der Waals surface area contributed by atoms with Crippen molar-refractivity contribution in [1.29, 1.82) is 0 Å². The quantitative estimate of drug-likeness (QED) is 0.865. The Kier molecular flexibility index (Phi) is 6.10. The van der Waals surface area contributed by atoms with E-state index in [-0.39, 0.29) is 0 Å². The van der Waals surface area contributed by atoms with Crippen molar-refractivity contribution in [2.75, 3.05) is 53.4 Å². The summed E-state index contributed by atoms with van der Waals surface area (Å²) in [7, 11) is 3.84. The van der Waals surface area contributed by atoms with Gasteiger partial charge in [-0.25, -0.2) is 0 Å². The molecule has 1 fully saturated rings. The molecule has 112 valence electrons. The Morgan fingerprint density at radius 2 is 2.10 bits per heavy atom. The van der Waals surface area contributed by atoms with Gasteiger partial charge >= 0.3 is 0 Å². The number of hydrogen-bond donors (Lipinski definition) is 1. The molecule has 1 N–H and O–H groups in total. The third kappa shape index (κ3) is 4.63. The van der Waals surface area contributed by atoms with Crippen molar-refractivity contribution in [1.82, 2.24) is 15.1 Å². The van der Waals surface area contributed by atoms with E-state index >= 15 is 0 Å². The number of benzene rings is 1. The number of hydrogen-bond acceptors (Lipinski definition) is 4. The average Bonchev–Trinajstić information content (AvgIpc) is 2.46. The van der Waals surface area contributed by atoms with Crippen molar-refractivity contribution in [2.24, 2.45) is 0 Å². The van der Waals surface area contributed by atoms with Gasteiger partial charge in [0, 0.05) is 56.4 Å². The van der Waals surface area contributed by atoms with Crippen LogP contribution in [0.15, 0.2) is 18.2 Å². The monoisotopic (exact) mass is 297 g/mol. The molecule has 1 aliphatic heterocycles. The van der Waals surface area contributed by atoms with Gasteiger partial charge in [0.05, 0.1) is 7.11 Å². The maximum absolute atomic E-state index is 6.07. The number of nitrogens with one attached hydrogen (secondary N) is 1. The summed E-state index contributed by atoms with van der Waals surface area (Å²) < 4.78 is 5.39. The van der Waals surface area contributed by atoms with Crippen molar-refractivity contribution >= 4 is 11.6 Å². The molecule has 0 spiro atoms. The topological polar surface area (TPSA) is 27.7 Å². The van der Waals surface area contributed by atoms with Gasteiger partial charge in [-0.3, -0.25) is 4.90 Å². The maximum Gasteiger partial charge on any atom is 0.123 e. The molecule has 1 aromatic carbocycles. The van der Waals surface area contributed by atoms with Gasteiger partial charge in [-0.05, 0) is 25.2 Å². The van der Waals surface area contributed by atoms with E-state index in [1.807, 2.05) is 18.2 Å². The summed E-state index contributed by atoms with van der Waals surface area (Å²) in [4.78, 5) is 4.82. The number of piperazine rings is 1. The second kappa shape index (κ2) is 7.84. The molecule has 5 heteroatoms. The van der Waals surface area contributed by atoms with E-state index < -0.39 is 0 Å². The van der Waals surface area contributed by atoms with Crippen LogP contribution in [0, 0.1) is 0 Å². The number of methoxy groups -OCH3 is 1. The molecule has 1 heterocycles. The molecule has 1 aliphatic rings. The Hall–Kier alpha value is -0.810. The molecule has 0 aliphatic carbocycles. The summed E-state index contributed by atoms with van der Waals surface area (Å²) in [6.45, 7) is 7.52. The first-order valence-electron chi connectivity index (χ1n) is 7.13. The van der Waals surface area contributed by atoms with Crippen LogP contribution in [-0.4, -0.2) is 63.2 Å². The number of halogens is 1. The number of rotatable bonds is 6. The average molecular weight is 298 g/mol. The van der Waals surface area contributed by atoms with Crippen LogP contribution in [-0.2, 0) is 6.54 Å². The van der Waals surface area contributed by atoms with Crippen molar-refractivity contribution in [2.45, 2.75) is 6.54 Å². The highest BCUT2D eigenvalue weighted by Crippen LogP contribution is 2.23. The van der Waals surface area contributed by atoms with Crippen LogP contribution < -0.4 is 10.1 Å². The predicted octanol–water partition coefficient (Wildman–Crippen LogP) is 1.69. The Morgan fingerprint density at radius 3 is 2.80 bits per heavy atom. The molecule has 0 unspecified atom stereocenters. The lowest BCUT2D eigenvalue weighted by molar-refractivity contribution is 0.201. The van der Waals surface area contributed by atoms with E-state index in [9.17, 15) is 0 Å². The van der Waals surface area contributed by atoms with Crippen LogP contribution in [0.3, 0.4) is 0 Å². The Labute approximate surface area is 126 Å². The van der Waals surface area contributed by atoms with Gasteiger partial charge < -0.3 is 15.0 Å². The van der Waals surface area contributed by atoms with Gasteiger partial charge in [-0.2, -0.15) is 0 Å². The van der Waals surface area contributed by atoms with Crippen LogP contribution in [0.1, 0.15) is 5.56 Å². The van der Waals surface area contributed by atoms with E-state index in [1.54, 1.807) is 7.11 Å². The minimum absolute atomic E-state index is 0.760. The summed E-state index contributed by atoms with van der Waals surface area (Å²) >= 11 is 6.07. The third-order valence-electron chi connectivity index (χ3n) is 3.69. The van der Waals surface area contributed by atoms with Gasteiger partial charge in [-0.15, -0.1) is 0 Å². The molecule has 4 nitrogen and oxygen atoms in total. The fraction of sp³-hybridized carbons (Fsp3) is 0.600. The molecule has 20 heavy (non-hydrogen) atoms. The highest BCUT2D eigenvalue weighted by atomic mass is 35.5. The molecule has 0 aromatic heterocycles. The van der Waals surface area contributed by atoms with Gasteiger partial charge in [-0.1, -0.05) is 11.6 Å². The van der Waals surface area contributed by atoms with Crippen molar-refractivity contribution in [3.63, 3.8) is 0 Å². The molecular formula is C15H24ClN3O. The lowest BCUT2D eigenvalue weighted by atomic mass is 10.2. The molecule has 1 saturated heterocycles. The first kappa shape index (κ1) is 15.6. The van der Waals surface area contributed by atoms with Gasteiger partial charge in [0.2, 0.25) is 0 Å². The number of likely N-dealkylation sites (N-methyl/N-ethyl adjacent to an activating group) is 1. The number of nitrogens with zero attached hydrogens (tertiary/aromatic N) is 2. The summed E-state index contributed by atoms with van der Waals surface area (Å²) in [5, 5.41) is 4.14. The molecule has 0 saturated carbocycles. The predicted molar refractivity (Wildman–Crippen MR) is 83.6 cm³/mol. The smallest absolute Gasteiger partial charge is 0.123 e. The molecule has 0 amide bonds. The van der Waals surface area contributed by atoms with Crippen molar-refractivity contribution in [3.8, 4) is 5.75 Å². The van der Waals surface area contributed by atoms with Crippen molar-refractivity contribution < 1.29 is 4.74 Å². The molecule has 0 bridgehead atoms. The molecule has 0 radical (unpaired) electrons. The van der Waals surface area contributed by atoms with Crippen LogP contribution >= 0.6 is 11.6 Å². The molecule has 2 rings (SSSR count). The SMILES string of the molecule is COc1ccc(Cl)cc1CN(C)CCN1CCNCC1. The zero-order valence-electron chi connectivity index (χ0n) is 12.4.